The third kappa shape index (κ3) is 1.93. The average molecular weight is 281 g/mol. The molecule has 0 amide bonds. The highest BCUT2D eigenvalue weighted by atomic mass is 35.5. The molecule has 3 nitrogen and oxygen atoms in total. The van der Waals surface area contributed by atoms with E-state index in [4.69, 9.17) is 11.6 Å². The second-order valence-electron chi connectivity index (χ2n) is 4.78. The Balaban J connectivity index is 2.20. The molecule has 0 bridgehead atoms. The Morgan fingerprint density at radius 3 is 3.17 bits per heavy atom. The van der Waals surface area contributed by atoms with Gasteiger partial charge in [0.15, 0.2) is 0 Å². The molecule has 2 aromatic rings. The van der Waals surface area contributed by atoms with Gasteiger partial charge in [-0.05, 0) is 37.7 Å². The average Bonchev–Trinajstić information content (AvgIpc) is 2.69. The molecule has 1 aliphatic carbocycles. The molecule has 0 spiro atoms. The van der Waals surface area contributed by atoms with Gasteiger partial charge >= 0.3 is 0 Å². The molecule has 0 radical (unpaired) electrons. The first-order valence-electron chi connectivity index (χ1n) is 6.08. The molecule has 0 aromatic carbocycles. The van der Waals surface area contributed by atoms with Crippen LogP contribution in [0.2, 0.25) is 5.15 Å². The zero-order chi connectivity index (χ0) is 12.7. The van der Waals surface area contributed by atoms with E-state index in [1.165, 1.54) is 16.8 Å². The van der Waals surface area contributed by atoms with Crippen LogP contribution in [0, 0.1) is 0 Å². The van der Waals surface area contributed by atoms with Crippen LogP contribution >= 0.6 is 22.9 Å². The molecule has 1 aliphatic rings. The van der Waals surface area contributed by atoms with Gasteiger partial charge in [0.05, 0.1) is 5.39 Å². The third-order valence-corrected chi connectivity index (χ3v) is 4.91. The van der Waals surface area contributed by atoms with E-state index in [2.05, 4.69) is 9.97 Å². The molecule has 0 unspecified atom stereocenters. The molecular formula is C13H13ClN2OS. The van der Waals surface area contributed by atoms with Crippen molar-refractivity contribution in [2.24, 2.45) is 0 Å². The summed E-state index contributed by atoms with van der Waals surface area (Å²) in [6.45, 7) is 1.65. The predicted molar refractivity (Wildman–Crippen MR) is 73.4 cm³/mol. The highest BCUT2D eigenvalue weighted by molar-refractivity contribution is 7.19. The van der Waals surface area contributed by atoms with Crippen LogP contribution < -0.4 is 0 Å². The predicted octanol–water partition coefficient (Wildman–Crippen LogP) is 3.74. The number of aryl methyl sites for hydroxylation is 1. The number of nitrogens with zero attached hydrogens (tertiary/aromatic N) is 2. The maximum Gasteiger partial charge on any atom is 0.141 e. The number of carbonyl (C=O) groups is 1. The van der Waals surface area contributed by atoms with Gasteiger partial charge in [-0.15, -0.1) is 11.3 Å². The Morgan fingerprint density at radius 2 is 2.39 bits per heavy atom. The second kappa shape index (κ2) is 4.59. The normalized spacial score (nSPS) is 18.9. The maximum atomic E-state index is 11.4. The molecule has 0 saturated heterocycles. The van der Waals surface area contributed by atoms with Gasteiger partial charge in [0.25, 0.3) is 0 Å². The van der Waals surface area contributed by atoms with E-state index in [-0.39, 0.29) is 5.78 Å². The highest BCUT2D eigenvalue weighted by Gasteiger charge is 2.27. The lowest BCUT2D eigenvalue weighted by molar-refractivity contribution is -0.117. The Labute approximate surface area is 114 Å². The zero-order valence-corrected chi connectivity index (χ0v) is 11.6. The van der Waals surface area contributed by atoms with E-state index in [9.17, 15) is 4.79 Å². The van der Waals surface area contributed by atoms with Gasteiger partial charge in [-0.1, -0.05) is 11.6 Å². The maximum absolute atomic E-state index is 11.4. The van der Waals surface area contributed by atoms with Gasteiger partial charge in [-0.25, -0.2) is 9.97 Å². The Hall–Kier alpha value is -1.00. The topological polar surface area (TPSA) is 42.9 Å². The Kier molecular flexibility index (Phi) is 3.08. The summed E-state index contributed by atoms with van der Waals surface area (Å²) >= 11 is 7.91. The molecule has 5 heteroatoms. The zero-order valence-electron chi connectivity index (χ0n) is 10.1. The molecule has 0 N–H and O–H groups in total. The number of halogens is 1. The van der Waals surface area contributed by atoms with Crippen LogP contribution in [0.1, 0.15) is 42.5 Å². The number of rotatable bonds is 2. The molecule has 94 valence electrons. The lowest BCUT2D eigenvalue weighted by Crippen LogP contribution is -2.11. The van der Waals surface area contributed by atoms with Crippen molar-refractivity contribution in [1.82, 2.24) is 9.97 Å². The van der Waals surface area contributed by atoms with E-state index in [0.29, 0.717) is 17.5 Å². The Bertz CT molecular complexity index is 623. The molecule has 3 rings (SSSR count). The van der Waals surface area contributed by atoms with E-state index in [1.807, 2.05) is 0 Å². The molecular weight excluding hydrogens is 268 g/mol. The van der Waals surface area contributed by atoms with Crippen molar-refractivity contribution < 1.29 is 4.79 Å². The molecule has 0 saturated carbocycles. The van der Waals surface area contributed by atoms with Crippen molar-refractivity contribution in [2.75, 3.05) is 0 Å². The molecule has 18 heavy (non-hydrogen) atoms. The van der Waals surface area contributed by atoms with Crippen LogP contribution in [0.15, 0.2) is 6.33 Å². The van der Waals surface area contributed by atoms with Crippen LogP contribution in [-0.4, -0.2) is 15.8 Å². The first-order valence-corrected chi connectivity index (χ1v) is 7.27. The summed E-state index contributed by atoms with van der Waals surface area (Å²) in [5.41, 5.74) is 1.24. The monoisotopic (exact) mass is 280 g/mol. The lowest BCUT2D eigenvalue weighted by atomic mass is 9.83. The van der Waals surface area contributed by atoms with Gasteiger partial charge in [-0.2, -0.15) is 0 Å². The summed E-state index contributed by atoms with van der Waals surface area (Å²) < 4.78 is 0. The highest BCUT2D eigenvalue weighted by Crippen LogP contribution is 2.44. The van der Waals surface area contributed by atoms with Crippen molar-refractivity contribution in [3.8, 4) is 0 Å². The Morgan fingerprint density at radius 1 is 1.56 bits per heavy atom. The van der Waals surface area contributed by atoms with Crippen molar-refractivity contribution in [3.05, 3.63) is 21.9 Å². The fraction of sp³-hybridized carbons (Fsp3) is 0.462. The minimum absolute atomic E-state index is 0.236. The fourth-order valence-electron chi connectivity index (χ4n) is 2.79. The van der Waals surface area contributed by atoms with E-state index >= 15 is 0 Å². The van der Waals surface area contributed by atoms with E-state index < -0.39 is 0 Å². The van der Waals surface area contributed by atoms with Gasteiger partial charge in [0.2, 0.25) is 0 Å². The summed E-state index contributed by atoms with van der Waals surface area (Å²) in [5.74, 6) is 0.531. The smallest absolute Gasteiger partial charge is 0.141 e. The quantitative estimate of drug-likeness (QED) is 0.787. The van der Waals surface area contributed by atoms with Crippen LogP contribution in [0.4, 0.5) is 0 Å². The number of aromatic nitrogens is 2. The third-order valence-electron chi connectivity index (χ3n) is 3.45. The number of hydrogen-bond donors (Lipinski definition) is 0. The van der Waals surface area contributed by atoms with Gasteiger partial charge in [0.1, 0.15) is 22.1 Å². The van der Waals surface area contributed by atoms with Gasteiger partial charge in [0, 0.05) is 11.3 Å². The first kappa shape index (κ1) is 12.1. The van der Waals surface area contributed by atoms with Crippen LogP contribution in [0.3, 0.4) is 0 Å². The summed E-state index contributed by atoms with van der Waals surface area (Å²) in [7, 11) is 0. The van der Waals surface area contributed by atoms with Gasteiger partial charge in [-0.3, -0.25) is 0 Å². The molecule has 0 aliphatic heterocycles. The number of fused-ring (bicyclic) bond motifs is 3. The van der Waals surface area contributed by atoms with Gasteiger partial charge < -0.3 is 4.79 Å². The molecule has 1 atom stereocenters. The number of thiophene rings is 1. The van der Waals surface area contributed by atoms with Crippen molar-refractivity contribution in [3.63, 3.8) is 0 Å². The molecule has 2 heterocycles. The van der Waals surface area contributed by atoms with E-state index in [1.54, 1.807) is 18.3 Å². The second-order valence-corrected chi connectivity index (χ2v) is 6.22. The van der Waals surface area contributed by atoms with Crippen LogP contribution in [0.5, 0.6) is 0 Å². The molecule has 0 fully saturated rings. The number of Topliss-reactive ketones (excluding diaryl/α,β-unsaturated/α-hetero) is 1. The van der Waals surface area contributed by atoms with Crippen molar-refractivity contribution in [2.45, 2.75) is 38.5 Å². The summed E-state index contributed by atoms with van der Waals surface area (Å²) in [4.78, 5) is 22.1. The van der Waals surface area contributed by atoms with Crippen LogP contribution in [0.25, 0.3) is 10.2 Å². The first-order chi connectivity index (χ1) is 8.66. The van der Waals surface area contributed by atoms with Crippen molar-refractivity contribution >= 4 is 38.9 Å². The minimum atomic E-state index is 0.236. The summed E-state index contributed by atoms with van der Waals surface area (Å²) in [5, 5.41) is 1.50. The standard InChI is InChI=1S/C13H13ClN2OS/c1-7(17)5-8-3-2-4-9-10(8)11-12(14)15-6-16-13(11)18-9/h6,8H,2-5H2,1H3/t8-/m1/s1. The largest absolute Gasteiger partial charge is 0.300 e. The number of ketones is 1. The SMILES string of the molecule is CC(=O)C[C@H]1CCCc2sc3ncnc(Cl)c3c21. The van der Waals surface area contributed by atoms with Crippen LogP contribution in [-0.2, 0) is 11.2 Å². The minimum Gasteiger partial charge on any atom is -0.300 e. The lowest BCUT2D eigenvalue weighted by Gasteiger charge is -2.22. The number of hydrogen-bond acceptors (Lipinski definition) is 4. The summed E-state index contributed by atoms with van der Waals surface area (Å²) in [6, 6.07) is 0. The number of carbonyl (C=O) groups excluding carboxylic acids is 1. The molecule has 2 aromatic heterocycles. The fourth-order valence-corrected chi connectivity index (χ4v) is 4.34. The van der Waals surface area contributed by atoms with E-state index in [0.717, 1.165) is 29.5 Å². The summed E-state index contributed by atoms with van der Waals surface area (Å²) in [6.07, 6.45) is 5.38. The van der Waals surface area contributed by atoms with Crippen molar-refractivity contribution in [1.29, 1.82) is 0 Å².